The highest BCUT2D eigenvalue weighted by Gasteiger charge is 2.05. The highest BCUT2D eigenvalue weighted by atomic mass is 32.1. The third-order valence-corrected chi connectivity index (χ3v) is 3.23. The van der Waals surface area contributed by atoms with Crippen LogP contribution < -0.4 is 20.9 Å². The van der Waals surface area contributed by atoms with Gasteiger partial charge in [0, 0.05) is 0 Å². The van der Waals surface area contributed by atoms with E-state index in [4.69, 9.17) is 21.8 Å². The summed E-state index contributed by atoms with van der Waals surface area (Å²) in [6.07, 6.45) is 1.46. The molecule has 0 aromatic heterocycles. The fourth-order valence-electron chi connectivity index (χ4n) is 1.76. The molecule has 0 spiro atoms. The Bertz CT molecular complexity index is 784. The third kappa shape index (κ3) is 6.36. The van der Waals surface area contributed by atoms with Crippen LogP contribution in [0.2, 0.25) is 0 Å². The Labute approximate surface area is 155 Å². The molecule has 7 nitrogen and oxygen atoms in total. The van der Waals surface area contributed by atoms with Crippen molar-refractivity contribution in [2.45, 2.75) is 0 Å². The number of halogens is 1. The molecule has 2 rings (SSSR count). The number of carbonyl (C=O) groups is 1. The van der Waals surface area contributed by atoms with Crippen molar-refractivity contribution in [1.82, 2.24) is 10.9 Å². The minimum atomic E-state index is -0.505. The van der Waals surface area contributed by atoms with Gasteiger partial charge in [0.1, 0.15) is 11.6 Å². The highest BCUT2D eigenvalue weighted by Crippen LogP contribution is 2.11. The standard InChI is InChI=1S/C17H17FN4O3S/c1-24-13-8-6-12(7-9-13)10-19-25-11-16(23)21-22-17(26)20-15-5-3-2-4-14(15)18/h2-10H,11H2,1H3,(H,21,23)(H2,20,22,26)/b19-10-. The lowest BCUT2D eigenvalue weighted by molar-refractivity contribution is -0.126. The molecule has 3 N–H and O–H groups in total. The van der Waals surface area contributed by atoms with Gasteiger partial charge in [-0.3, -0.25) is 15.6 Å². The molecule has 0 aliphatic carbocycles. The van der Waals surface area contributed by atoms with E-state index < -0.39 is 11.7 Å². The molecule has 9 heteroatoms. The summed E-state index contributed by atoms with van der Waals surface area (Å²) >= 11 is 4.95. The zero-order valence-electron chi connectivity index (χ0n) is 13.9. The third-order valence-electron chi connectivity index (χ3n) is 3.03. The molecule has 0 heterocycles. The minimum absolute atomic E-state index is 0.0326. The first-order valence-corrected chi connectivity index (χ1v) is 7.89. The molecule has 0 aliphatic rings. The van der Waals surface area contributed by atoms with E-state index in [-0.39, 0.29) is 17.4 Å². The zero-order chi connectivity index (χ0) is 18.8. The second-order valence-corrected chi connectivity index (χ2v) is 5.30. The Hall–Kier alpha value is -3.20. The number of anilines is 1. The zero-order valence-corrected chi connectivity index (χ0v) is 14.7. The maximum Gasteiger partial charge on any atom is 0.279 e. The van der Waals surface area contributed by atoms with Gasteiger partial charge in [0.15, 0.2) is 11.7 Å². The molecule has 1 amide bonds. The molecule has 26 heavy (non-hydrogen) atoms. The first kappa shape index (κ1) is 19.1. The van der Waals surface area contributed by atoms with E-state index in [0.717, 1.165) is 11.3 Å². The van der Waals surface area contributed by atoms with Crippen LogP contribution in [0.3, 0.4) is 0 Å². The Morgan fingerprint density at radius 2 is 1.92 bits per heavy atom. The van der Waals surface area contributed by atoms with Crippen LogP contribution in [-0.2, 0) is 9.63 Å². The van der Waals surface area contributed by atoms with E-state index in [0.29, 0.717) is 0 Å². The van der Waals surface area contributed by atoms with Crippen molar-refractivity contribution in [2.24, 2.45) is 5.16 Å². The largest absolute Gasteiger partial charge is 0.497 e. The number of benzene rings is 2. The van der Waals surface area contributed by atoms with Crippen LogP contribution in [0.15, 0.2) is 53.7 Å². The molecule has 2 aromatic rings. The van der Waals surface area contributed by atoms with Crippen LogP contribution in [0.5, 0.6) is 5.75 Å². The van der Waals surface area contributed by atoms with Crippen molar-refractivity contribution in [1.29, 1.82) is 0 Å². The van der Waals surface area contributed by atoms with E-state index in [1.165, 1.54) is 18.3 Å². The van der Waals surface area contributed by atoms with Crippen LogP contribution in [-0.4, -0.2) is 31.0 Å². The monoisotopic (exact) mass is 376 g/mol. The quantitative estimate of drug-likeness (QED) is 0.407. The number of amides is 1. The van der Waals surface area contributed by atoms with Gasteiger partial charge in [-0.15, -0.1) is 0 Å². The van der Waals surface area contributed by atoms with Crippen LogP contribution in [0.4, 0.5) is 10.1 Å². The molecule has 0 saturated carbocycles. The fraction of sp³-hybridized carbons (Fsp3) is 0.118. The number of ether oxygens (including phenoxy) is 1. The normalized spacial score (nSPS) is 10.2. The van der Waals surface area contributed by atoms with E-state index in [1.807, 2.05) is 0 Å². The van der Waals surface area contributed by atoms with E-state index in [1.54, 1.807) is 43.5 Å². The Balaban J connectivity index is 1.67. The number of oxime groups is 1. The topological polar surface area (TPSA) is 84.0 Å². The Morgan fingerprint density at radius 3 is 2.62 bits per heavy atom. The number of hydrogen-bond acceptors (Lipinski definition) is 5. The predicted octanol–water partition coefficient (Wildman–Crippen LogP) is 2.20. The summed E-state index contributed by atoms with van der Waals surface area (Å²) in [7, 11) is 1.58. The summed E-state index contributed by atoms with van der Waals surface area (Å²) in [4.78, 5) is 16.5. The van der Waals surface area contributed by atoms with Gasteiger partial charge in [0.05, 0.1) is 19.0 Å². The summed E-state index contributed by atoms with van der Waals surface area (Å²) < 4.78 is 18.5. The number of nitrogens with zero attached hydrogens (tertiary/aromatic N) is 1. The van der Waals surface area contributed by atoms with E-state index in [2.05, 4.69) is 21.3 Å². The van der Waals surface area contributed by atoms with Gasteiger partial charge >= 0.3 is 0 Å². The van der Waals surface area contributed by atoms with Crippen molar-refractivity contribution < 1.29 is 18.8 Å². The second-order valence-electron chi connectivity index (χ2n) is 4.89. The van der Waals surface area contributed by atoms with Gasteiger partial charge in [-0.2, -0.15) is 0 Å². The smallest absolute Gasteiger partial charge is 0.279 e. The first-order chi connectivity index (χ1) is 12.6. The first-order valence-electron chi connectivity index (χ1n) is 7.48. The van der Waals surface area contributed by atoms with Crippen LogP contribution in [0, 0.1) is 5.82 Å². The number of rotatable bonds is 6. The second kappa shape index (κ2) is 9.94. The average molecular weight is 376 g/mol. The van der Waals surface area contributed by atoms with Gasteiger partial charge in [-0.05, 0) is 54.2 Å². The number of carbonyl (C=O) groups excluding carboxylic acids is 1. The van der Waals surface area contributed by atoms with Gasteiger partial charge in [-0.25, -0.2) is 4.39 Å². The van der Waals surface area contributed by atoms with Crippen LogP contribution in [0.25, 0.3) is 0 Å². The van der Waals surface area contributed by atoms with Crippen molar-refractivity contribution in [2.75, 3.05) is 19.0 Å². The Kier molecular flexibility index (Phi) is 7.31. The van der Waals surface area contributed by atoms with Gasteiger partial charge < -0.3 is 14.9 Å². The number of nitrogens with one attached hydrogen (secondary N) is 3. The molecule has 2 aromatic carbocycles. The maximum absolute atomic E-state index is 13.5. The molecular weight excluding hydrogens is 359 g/mol. The maximum atomic E-state index is 13.5. The summed E-state index contributed by atoms with van der Waals surface area (Å²) in [5, 5.41) is 6.34. The van der Waals surface area contributed by atoms with E-state index in [9.17, 15) is 9.18 Å². The van der Waals surface area contributed by atoms with Crippen molar-refractivity contribution in [3.63, 3.8) is 0 Å². The summed E-state index contributed by atoms with van der Waals surface area (Å²) in [5.41, 5.74) is 5.73. The van der Waals surface area contributed by atoms with Crippen molar-refractivity contribution in [3.8, 4) is 5.75 Å². The molecule has 0 atom stereocenters. The average Bonchev–Trinajstić information content (AvgIpc) is 2.66. The Morgan fingerprint density at radius 1 is 1.19 bits per heavy atom. The number of methoxy groups -OCH3 is 1. The number of para-hydroxylation sites is 1. The summed E-state index contributed by atoms with van der Waals surface area (Å²) in [5.74, 6) is -0.234. The number of thiocarbonyl (C=S) groups is 1. The van der Waals surface area contributed by atoms with Gasteiger partial charge in [0.25, 0.3) is 5.91 Å². The molecule has 0 radical (unpaired) electrons. The SMILES string of the molecule is COc1ccc(/C=N\OCC(=O)NNC(=S)Nc2ccccc2F)cc1. The molecule has 0 aliphatic heterocycles. The summed E-state index contributed by atoms with van der Waals surface area (Å²) in [6.45, 7) is -0.317. The minimum Gasteiger partial charge on any atom is -0.497 e. The lowest BCUT2D eigenvalue weighted by Gasteiger charge is -2.11. The molecule has 0 bridgehead atoms. The number of hydrogen-bond donors (Lipinski definition) is 3. The molecule has 0 fully saturated rings. The lowest BCUT2D eigenvalue weighted by Crippen LogP contribution is -2.45. The van der Waals surface area contributed by atoms with E-state index >= 15 is 0 Å². The van der Waals surface area contributed by atoms with Crippen LogP contribution >= 0.6 is 12.2 Å². The fourth-order valence-corrected chi connectivity index (χ4v) is 1.92. The van der Waals surface area contributed by atoms with Crippen molar-refractivity contribution >= 4 is 35.1 Å². The predicted molar refractivity (Wildman–Crippen MR) is 100 cm³/mol. The highest BCUT2D eigenvalue weighted by molar-refractivity contribution is 7.80. The molecule has 0 saturated heterocycles. The molecule has 136 valence electrons. The number of hydrazine groups is 1. The molecule has 0 unspecified atom stereocenters. The summed E-state index contributed by atoms with van der Waals surface area (Å²) in [6, 6.07) is 13.2. The van der Waals surface area contributed by atoms with Crippen LogP contribution in [0.1, 0.15) is 5.56 Å². The van der Waals surface area contributed by atoms with Gasteiger partial charge in [-0.1, -0.05) is 17.3 Å². The van der Waals surface area contributed by atoms with Crippen molar-refractivity contribution in [3.05, 3.63) is 59.9 Å². The van der Waals surface area contributed by atoms with Gasteiger partial charge in [0.2, 0.25) is 0 Å². The molecular formula is C17H17FN4O3S. The lowest BCUT2D eigenvalue weighted by atomic mass is 10.2.